The van der Waals surface area contributed by atoms with Gasteiger partial charge in [-0.1, -0.05) is 0 Å². The number of methoxy groups -OCH3 is 1. The number of hydrogen-bond acceptors (Lipinski definition) is 7. The van der Waals surface area contributed by atoms with Crippen molar-refractivity contribution in [3.63, 3.8) is 0 Å². The fourth-order valence-electron chi connectivity index (χ4n) is 2.33. The Morgan fingerprint density at radius 1 is 1.41 bits per heavy atom. The molecule has 1 saturated heterocycles. The molecule has 1 fully saturated rings. The second-order valence-corrected chi connectivity index (χ2v) is 5.81. The topological polar surface area (TPSA) is 76.4 Å². The first-order valence-electron chi connectivity index (χ1n) is 7.03. The van der Waals surface area contributed by atoms with Gasteiger partial charge in [-0.3, -0.25) is 9.48 Å². The number of nitrogens with zero attached hydrogens (tertiary/aromatic N) is 6. The van der Waals surface area contributed by atoms with Gasteiger partial charge in [-0.2, -0.15) is 9.47 Å². The Bertz CT molecular complexity index is 655. The van der Waals surface area contributed by atoms with Gasteiger partial charge in [0.25, 0.3) is 0 Å². The molecule has 2 aromatic rings. The van der Waals surface area contributed by atoms with Gasteiger partial charge in [0.1, 0.15) is 5.82 Å². The van der Waals surface area contributed by atoms with Crippen LogP contribution in [0.4, 0.5) is 10.8 Å². The Morgan fingerprint density at radius 2 is 2.27 bits per heavy atom. The lowest BCUT2D eigenvalue weighted by molar-refractivity contribution is -0.117. The quantitative estimate of drug-likeness (QED) is 0.789. The van der Waals surface area contributed by atoms with E-state index in [2.05, 4.69) is 14.5 Å². The minimum absolute atomic E-state index is 0.0490. The van der Waals surface area contributed by atoms with Crippen LogP contribution in [0.5, 0.6) is 0 Å². The molecule has 0 atom stereocenters. The number of anilines is 2. The number of carbonyl (C=O) groups is 1. The number of hydrogen-bond donors (Lipinski definition) is 0. The van der Waals surface area contributed by atoms with E-state index in [1.54, 1.807) is 22.9 Å². The lowest BCUT2D eigenvalue weighted by atomic mass is 10.3. The third-order valence-corrected chi connectivity index (χ3v) is 4.30. The van der Waals surface area contributed by atoms with Crippen molar-refractivity contribution in [2.45, 2.75) is 6.42 Å². The zero-order chi connectivity index (χ0) is 15.5. The molecule has 8 nitrogen and oxygen atoms in total. The normalized spacial score (nSPS) is 15.6. The van der Waals surface area contributed by atoms with Gasteiger partial charge in [0.2, 0.25) is 11.0 Å². The van der Waals surface area contributed by atoms with Crippen LogP contribution < -0.4 is 9.80 Å². The van der Waals surface area contributed by atoms with Gasteiger partial charge < -0.3 is 14.5 Å². The molecule has 3 rings (SSSR count). The Morgan fingerprint density at radius 3 is 2.95 bits per heavy atom. The summed E-state index contributed by atoms with van der Waals surface area (Å²) in [5, 5.41) is 4.91. The highest BCUT2D eigenvalue weighted by molar-refractivity contribution is 7.09. The summed E-state index contributed by atoms with van der Waals surface area (Å²) in [6.07, 6.45) is 4.25. The van der Waals surface area contributed by atoms with Gasteiger partial charge in [-0.05, 0) is 0 Å². The second kappa shape index (κ2) is 6.41. The first-order chi connectivity index (χ1) is 10.7. The van der Waals surface area contributed by atoms with E-state index in [0.717, 1.165) is 23.2 Å². The predicted molar refractivity (Wildman–Crippen MR) is 83.3 cm³/mol. The standard InChI is InChI=1S/C13H18N6O2S/c1-17-8-10(7-14-17)19-5-4-18(9-12(19)20)13-15-11(16-22-13)3-6-21-2/h7-8H,3-6,9H2,1-2H3. The average Bonchev–Trinajstić information content (AvgIpc) is 3.14. The fourth-order valence-corrected chi connectivity index (χ4v) is 3.06. The molecule has 22 heavy (non-hydrogen) atoms. The van der Waals surface area contributed by atoms with E-state index in [1.807, 2.05) is 18.1 Å². The third kappa shape index (κ3) is 3.09. The molecule has 0 spiro atoms. The molecule has 3 heterocycles. The highest BCUT2D eigenvalue weighted by Crippen LogP contribution is 2.22. The van der Waals surface area contributed by atoms with Gasteiger partial charge >= 0.3 is 0 Å². The summed E-state index contributed by atoms with van der Waals surface area (Å²) >= 11 is 1.33. The molecule has 2 aromatic heterocycles. The van der Waals surface area contributed by atoms with Crippen molar-refractivity contribution in [2.75, 3.05) is 43.2 Å². The molecule has 0 unspecified atom stereocenters. The SMILES string of the molecule is COCCc1nsc(N2CCN(c3cnn(C)c3)C(=O)C2)n1. The molecule has 0 bridgehead atoms. The van der Waals surface area contributed by atoms with Gasteiger partial charge in [-0.25, -0.2) is 4.98 Å². The number of piperazine rings is 1. The summed E-state index contributed by atoms with van der Waals surface area (Å²) in [7, 11) is 3.50. The molecular formula is C13H18N6O2S. The van der Waals surface area contributed by atoms with Gasteiger partial charge in [0, 0.05) is 51.4 Å². The Labute approximate surface area is 132 Å². The lowest BCUT2D eigenvalue weighted by Crippen LogP contribution is -2.50. The largest absolute Gasteiger partial charge is 0.384 e. The van der Waals surface area contributed by atoms with Crippen molar-refractivity contribution in [1.82, 2.24) is 19.1 Å². The van der Waals surface area contributed by atoms with Gasteiger partial charge in [0.05, 0.1) is 25.0 Å². The highest BCUT2D eigenvalue weighted by Gasteiger charge is 2.27. The van der Waals surface area contributed by atoms with Crippen LogP contribution in [-0.2, 0) is 23.0 Å². The predicted octanol–water partition coefficient (Wildman–Crippen LogP) is 0.314. The van der Waals surface area contributed by atoms with Crippen LogP contribution >= 0.6 is 11.5 Å². The fraction of sp³-hybridized carbons (Fsp3) is 0.538. The lowest BCUT2D eigenvalue weighted by Gasteiger charge is -2.33. The van der Waals surface area contributed by atoms with E-state index in [4.69, 9.17) is 4.74 Å². The Hall–Kier alpha value is -2.00. The molecular weight excluding hydrogens is 304 g/mol. The molecule has 9 heteroatoms. The molecule has 0 radical (unpaired) electrons. The van der Waals surface area contributed by atoms with Gasteiger partial charge in [0.15, 0.2) is 0 Å². The number of aromatic nitrogens is 4. The van der Waals surface area contributed by atoms with Crippen LogP contribution in [0.1, 0.15) is 5.82 Å². The van der Waals surface area contributed by atoms with E-state index >= 15 is 0 Å². The minimum atomic E-state index is 0.0490. The minimum Gasteiger partial charge on any atom is -0.384 e. The highest BCUT2D eigenvalue weighted by atomic mass is 32.1. The summed E-state index contributed by atoms with van der Waals surface area (Å²) in [6.45, 7) is 2.27. The van der Waals surface area contributed by atoms with Crippen molar-refractivity contribution < 1.29 is 9.53 Å². The smallest absolute Gasteiger partial charge is 0.246 e. The third-order valence-electron chi connectivity index (χ3n) is 3.48. The molecule has 0 aromatic carbocycles. The number of aryl methyl sites for hydroxylation is 1. The van der Waals surface area contributed by atoms with Crippen molar-refractivity contribution in [3.05, 3.63) is 18.2 Å². The van der Waals surface area contributed by atoms with Crippen molar-refractivity contribution in [2.24, 2.45) is 7.05 Å². The summed E-state index contributed by atoms with van der Waals surface area (Å²) in [6, 6.07) is 0. The number of amides is 1. The van der Waals surface area contributed by atoms with Crippen LogP contribution in [-0.4, -0.2) is 58.4 Å². The first-order valence-corrected chi connectivity index (χ1v) is 7.80. The van der Waals surface area contributed by atoms with E-state index in [9.17, 15) is 4.79 Å². The van der Waals surface area contributed by atoms with Crippen LogP contribution in [0.15, 0.2) is 12.4 Å². The second-order valence-electron chi connectivity index (χ2n) is 5.08. The summed E-state index contributed by atoms with van der Waals surface area (Å²) in [4.78, 5) is 20.6. The summed E-state index contributed by atoms with van der Waals surface area (Å²) in [5.74, 6) is 0.817. The van der Waals surface area contributed by atoms with Crippen molar-refractivity contribution in [1.29, 1.82) is 0 Å². The summed E-state index contributed by atoms with van der Waals surface area (Å²) < 4.78 is 11.0. The maximum atomic E-state index is 12.4. The molecule has 1 aliphatic heterocycles. The summed E-state index contributed by atoms with van der Waals surface area (Å²) in [5.41, 5.74) is 0.838. The monoisotopic (exact) mass is 322 g/mol. The van der Waals surface area contributed by atoms with Crippen LogP contribution in [0, 0.1) is 0 Å². The molecule has 0 aliphatic carbocycles. The molecule has 1 aliphatic rings. The number of carbonyl (C=O) groups excluding carboxylic acids is 1. The average molecular weight is 322 g/mol. The maximum absolute atomic E-state index is 12.4. The molecule has 0 saturated carbocycles. The van der Waals surface area contributed by atoms with Gasteiger partial charge in [-0.15, -0.1) is 0 Å². The van der Waals surface area contributed by atoms with Crippen LogP contribution in [0.3, 0.4) is 0 Å². The molecule has 1 amide bonds. The van der Waals surface area contributed by atoms with E-state index in [1.165, 1.54) is 11.5 Å². The Balaban J connectivity index is 1.64. The molecule has 118 valence electrons. The molecule has 0 N–H and O–H groups in total. The van der Waals surface area contributed by atoms with Crippen molar-refractivity contribution in [3.8, 4) is 0 Å². The van der Waals surface area contributed by atoms with Crippen LogP contribution in [0.2, 0.25) is 0 Å². The number of rotatable bonds is 5. The maximum Gasteiger partial charge on any atom is 0.246 e. The van der Waals surface area contributed by atoms with Crippen LogP contribution in [0.25, 0.3) is 0 Å². The van der Waals surface area contributed by atoms with E-state index in [-0.39, 0.29) is 5.91 Å². The Kier molecular flexibility index (Phi) is 4.34. The van der Waals surface area contributed by atoms with E-state index < -0.39 is 0 Å². The first kappa shape index (κ1) is 14.9. The zero-order valence-electron chi connectivity index (χ0n) is 12.6. The number of ether oxygens (including phenoxy) is 1. The van der Waals surface area contributed by atoms with Crippen molar-refractivity contribution >= 4 is 28.3 Å². The van der Waals surface area contributed by atoms with E-state index in [0.29, 0.717) is 26.1 Å². The zero-order valence-corrected chi connectivity index (χ0v) is 13.4.